The summed E-state index contributed by atoms with van der Waals surface area (Å²) in [7, 11) is 2.81. The number of rotatable bonds is 3. The lowest BCUT2D eigenvalue weighted by Gasteiger charge is -2.18. The molecule has 1 aromatic rings. The fourth-order valence-electron chi connectivity index (χ4n) is 1.87. The van der Waals surface area contributed by atoms with Crippen LogP contribution >= 0.6 is 0 Å². The number of nitriles is 1. The fraction of sp³-hybridized carbons (Fsp3) is 0.200. The summed E-state index contributed by atoms with van der Waals surface area (Å²) in [5.74, 6) is 0.642. The molecule has 1 aliphatic rings. The number of fused-ring (bicyclic) bond motifs is 1. The first-order chi connectivity index (χ1) is 9.69. The molecule has 0 unspecified atom stereocenters. The highest BCUT2D eigenvalue weighted by atomic mass is 16.5. The number of carbonyl (C=O) groups excluding carboxylic acids is 1. The molecule has 0 aromatic heterocycles. The van der Waals surface area contributed by atoms with E-state index in [0.717, 1.165) is 5.56 Å². The van der Waals surface area contributed by atoms with E-state index in [1.165, 1.54) is 13.2 Å². The smallest absolute Gasteiger partial charge is 0.348 e. The van der Waals surface area contributed by atoms with Gasteiger partial charge in [-0.2, -0.15) is 5.26 Å². The fourth-order valence-corrected chi connectivity index (χ4v) is 1.87. The first-order valence-corrected chi connectivity index (χ1v) is 5.90. The Morgan fingerprint density at radius 1 is 1.45 bits per heavy atom. The third-order valence-electron chi connectivity index (χ3n) is 2.81. The zero-order valence-electron chi connectivity index (χ0n) is 11.2. The number of hydrogen-bond donors (Lipinski definition) is 0. The van der Waals surface area contributed by atoms with Crippen molar-refractivity contribution in [1.82, 2.24) is 0 Å². The van der Waals surface area contributed by atoms with Crippen molar-refractivity contribution in [2.75, 3.05) is 20.8 Å². The molecule has 1 aromatic carbocycles. The van der Waals surface area contributed by atoms with Crippen LogP contribution in [0.25, 0.3) is 6.08 Å². The lowest BCUT2D eigenvalue weighted by atomic mass is 10.0. The minimum absolute atomic E-state index is 0.0614. The topological polar surface area (TPSA) is 68.6 Å². The van der Waals surface area contributed by atoms with Crippen molar-refractivity contribution in [2.24, 2.45) is 0 Å². The lowest BCUT2D eigenvalue weighted by Crippen LogP contribution is -2.09. The predicted molar refractivity (Wildman–Crippen MR) is 72.2 cm³/mol. The normalized spacial score (nSPS) is 13.4. The standard InChI is InChI=1S/C15H13NO4/c1-18-13-5-3-4-11-6-10(9-20-14(11)13)7-12(8-16)15(17)19-2/h3-7H,9H2,1-2H3. The van der Waals surface area contributed by atoms with E-state index in [9.17, 15) is 4.79 Å². The van der Waals surface area contributed by atoms with Crippen LogP contribution in [-0.2, 0) is 9.53 Å². The van der Waals surface area contributed by atoms with Crippen molar-refractivity contribution in [3.63, 3.8) is 0 Å². The van der Waals surface area contributed by atoms with Crippen molar-refractivity contribution in [2.45, 2.75) is 0 Å². The molecular weight excluding hydrogens is 258 g/mol. The quantitative estimate of drug-likeness (QED) is 0.478. The molecule has 0 N–H and O–H groups in total. The van der Waals surface area contributed by atoms with Gasteiger partial charge in [-0.25, -0.2) is 4.79 Å². The lowest BCUT2D eigenvalue weighted by molar-refractivity contribution is -0.135. The molecule has 1 heterocycles. The van der Waals surface area contributed by atoms with Gasteiger partial charge in [-0.3, -0.25) is 0 Å². The van der Waals surface area contributed by atoms with E-state index in [1.807, 2.05) is 30.3 Å². The van der Waals surface area contributed by atoms with E-state index < -0.39 is 5.97 Å². The molecule has 0 radical (unpaired) electrons. The Morgan fingerprint density at radius 2 is 2.25 bits per heavy atom. The zero-order valence-corrected chi connectivity index (χ0v) is 11.2. The van der Waals surface area contributed by atoms with E-state index >= 15 is 0 Å². The average molecular weight is 271 g/mol. The average Bonchev–Trinajstić information content (AvgIpc) is 2.50. The number of hydrogen-bond acceptors (Lipinski definition) is 5. The summed E-state index contributed by atoms with van der Waals surface area (Å²) < 4.78 is 15.4. The first kappa shape index (κ1) is 13.7. The molecule has 0 atom stereocenters. The molecule has 5 nitrogen and oxygen atoms in total. The number of nitrogens with zero attached hydrogens (tertiary/aromatic N) is 1. The van der Waals surface area contributed by atoms with Crippen molar-refractivity contribution < 1.29 is 19.0 Å². The summed E-state index contributed by atoms with van der Waals surface area (Å²) in [6.07, 6.45) is 3.32. The van der Waals surface area contributed by atoms with Crippen LogP contribution in [-0.4, -0.2) is 26.8 Å². The molecule has 102 valence electrons. The van der Waals surface area contributed by atoms with Gasteiger partial charge in [0, 0.05) is 5.56 Å². The molecule has 0 aliphatic carbocycles. The molecule has 20 heavy (non-hydrogen) atoms. The van der Waals surface area contributed by atoms with Crippen LogP contribution in [0.1, 0.15) is 5.56 Å². The Labute approximate surface area is 116 Å². The second kappa shape index (κ2) is 5.93. The van der Waals surface area contributed by atoms with Crippen LogP contribution in [0, 0.1) is 11.3 Å². The number of benzene rings is 1. The van der Waals surface area contributed by atoms with Gasteiger partial charge in [-0.05, 0) is 23.8 Å². The van der Waals surface area contributed by atoms with Gasteiger partial charge in [-0.1, -0.05) is 12.1 Å². The van der Waals surface area contributed by atoms with Crippen LogP contribution in [0.3, 0.4) is 0 Å². The maximum Gasteiger partial charge on any atom is 0.348 e. The number of ether oxygens (including phenoxy) is 3. The van der Waals surface area contributed by atoms with Gasteiger partial charge in [0.25, 0.3) is 0 Å². The Morgan fingerprint density at radius 3 is 2.90 bits per heavy atom. The third kappa shape index (κ3) is 2.64. The molecule has 0 saturated heterocycles. The minimum Gasteiger partial charge on any atom is -0.493 e. The first-order valence-electron chi connectivity index (χ1n) is 5.90. The predicted octanol–water partition coefficient (Wildman–Crippen LogP) is 2.09. The summed E-state index contributed by atoms with van der Waals surface area (Å²) in [6, 6.07) is 7.33. The highest BCUT2D eigenvalue weighted by Crippen LogP contribution is 2.35. The van der Waals surface area contributed by atoms with Gasteiger partial charge in [0.1, 0.15) is 18.2 Å². The van der Waals surface area contributed by atoms with Crippen LogP contribution in [0.2, 0.25) is 0 Å². The van der Waals surface area contributed by atoms with Gasteiger partial charge in [0.15, 0.2) is 11.5 Å². The van der Waals surface area contributed by atoms with E-state index in [0.29, 0.717) is 17.1 Å². The highest BCUT2D eigenvalue weighted by molar-refractivity contribution is 5.93. The van der Waals surface area contributed by atoms with E-state index in [4.69, 9.17) is 14.7 Å². The van der Waals surface area contributed by atoms with Gasteiger partial charge in [-0.15, -0.1) is 0 Å². The molecule has 1 aliphatic heterocycles. The largest absolute Gasteiger partial charge is 0.493 e. The van der Waals surface area contributed by atoms with Crippen molar-refractivity contribution in [1.29, 1.82) is 5.26 Å². The molecule has 0 bridgehead atoms. The van der Waals surface area contributed by atoms with Gasteiger partial charge < -0.3 is 14.2 Å². The SMILES string of the molecule is COC(=O)C(C#N)=CC1=Cc2cccc(OC)c2OC1. The summed E-state index contributed by atoms with van der Waals surface area (Å²) in [5.41, 5.74) is 1.49. The Hall–Kier alpha value is -2.74. The van der Waals surface area contributed by atoms with Gasteiger partial charge >= 0.3 is 5.97 Å². The Kier molecular flexibility index (Phi) is 4.06. The summed E-state index contributed by atoms with van der Waals surface area (Å²) >= 11 is 0. The van der Waals surface area contributed by atoms with Gasteiger partial charge in [0.05, 0.1) is 14.2 Å². The zero-order chi connectivity index (χ0) is 14.5. The molecule has 0 amide bonds. The van der Waals surface area contributed by atoms with Crippen molar-refractivity contribution in [3.8, 4) is 17.6 Å². The van der Waals surface area contributed by atoms with E-state index in [2.05, 4.69) is 4.74 Å². The van der Waals surface area contributed by atoms with Crippen LogP contribution in [0.5, 0.6) is 11.5 Å². The van der Waals surface area contributed by atoms with Gasteiger partial charge in [0.2, 0.25) is 0 Å². The number of para-hydroxylation sites is 1. The van der Waals surface area contributed by atoms with Crippen LogP contribution in [0.15, 0.2) is 35.4 Å². The molecule has 0 fully saturated rings. The Bertz CT molecular complexity index is 638. The maximum atomic E-state index is 11.4. The molecule has 2 rings (SSSR count). The second-order valence-corrected chi connectivity index (χ2v) is 4.05. The Balaban J connectivity index is 2.37. The highest BCUT2D eigenvalue weighted by Gasteiger charge is 2.16. The van der Waals surface area contributed by atoms with Crippen molar-refractivity contribution >= 4 is 12.0 Å². The van der Waals surface area contributed by atoms with E-state index in [1.54, 1.807) is 7.11 Å². The van der Waals surface area contributed by atoms with Crippen molar-refractivity contribution in [3.05, 3.63) is 41.0 Å². The van der Waals surface area contributed by atoms with Crippen LogP contribution < -0.4 is 9.47 Å². The summed E-state index contributed by atoms with van der Waals surface area (Å²) in [4.78, 5) is 11.4. The second-order valence-electron chi connectivity index (χ2n) is 4.05. The number of esters is 1. The third-order valence-corrected chi connectivity index (χ3v) is 2.81. The minimum atomic E-state index is -0.662. The molecule has 5 heteroatoms. The van der Waals surface area contributed by atoms with Crippen LogP contribution in [0.4, 0.5) is 0 Å². The summed E-state index contributed by atoms with van der Waals surface area (Å²) in [5, 5.41) is 8.93. The number of methoxy groups -OCH3 is 2. The molecular formula is C15H13NO4. The monoisotopic (exact) mass is 271 g/mol. The molecule has 0 spiro atoms. The summed E-state index contributed by atoms with van der Waals surface area (Å²) in [6.45, 7) is 0.259. The molecule has 0 saturated carbocycles. The van der Waals surface area contributed by atoms with E-state index in [-0.39, 0.29) is 12.2 Å². The maximum absolute atomic E-state index is 11.4. The number of carbonyl (C=O) groups is 1.